The van der Waals surface area contributed by atoms with E-state index in [1.54, 1.807) is 18.3 Å². The van der Waals surface area contributed by atoms with Gasteiger partial charge in [0.2, 0.25) is 5.91 Å². The van der Waals surface area contributed by atoms with Crippen LogP contribution in [0.1, 0.15) is 18.7 Å². The maximum absolute atomic E-state index is 13.3. The predicted molar refractivity (Wildman–Crippen MR) is 126 cm³/mol. The molecule has 0 N–H and O–H groups in total. The highest BCUT2D eigenvalue weighted by molar-refractivity contribution is 7.26. The zero-order valence-electron chi connectivity index (χ0n) is 17.6. The van der Waals surface area contributed by atoms with Crippen molar-refractivity contribution in [2.24, 2.45) is 0 Å². The van der Waals surface area contributed by atoms with Gasteiger partial charge in [0.15, 0.2) is 0 Å². The molecule has 0 radical (unpaired) electrons. The Morgan fingerprint density at radius 2 is 1.68 bits per heavy atom. The van der Waals surface area contributed by atoms with Gasteiger partial charge in [-0.2, -0.15) is 5.10 Å². The monoisotopic (exact) mass is 432 g/mol. The molecule has 2 aromatic heterocycles. The number of hydrogen-bond acceptors (Lipinski definition) is 5. The van der Waals surface area contributed by atoms with Gasteiger partial charge in [-0.25, -0.2) is 4.68 Å². The van der Waals surface area contributed by atoms with Crippen molar-refractivity contribution in [3.63, 3.8) is 0 Å². The third-order valence-corrected chi connectivity index (χ3v) is 7.32. The normalized spacial score (nSPS) is 15.5. The fourth-order valence-corrected chi connectivity index (χ4v) is 5.47. The standard InChI is InChI=1S/C24H24N4O2S/c1-16-22-21(19-10-6-7-11-20(19)31-22)24(30)28(25-16)17(2)23(29)27-14-12-26(13-15-27)18-8-4-3-5-9-18/h3-11,17H,12-15H2,1-2H3/t17-/m0/s1. The van der Waals surface area contributed by atoms with Gasteiger partial charge in [0, 0.05) is 42.0 Å². The van der Waals surface area contributed by atoms with Crippen molar-refractivity contribution in [1.82, 2.24) is 14.7 Å². The van der Waals surface area contributed by atoms with Crippen LogP contribution >= 0.6 is 11.3 Å². The van der Waals surface area contributed by atoms with E-state index in [1.807, 2.05) is 54.3 Å². The zero-order valence-corrected chi connectivity index (χ0v) is 18.4. The number of aromatic nitrogens is 2. The highest BCUT2D eigenvalue weighted by atomic mass is 32.1. The summed E-state index contributed by atoms with van der Waals surface area (Å²) in [6, 6.07) is 17.5. The Labute approximate surface area is 184 Å². The van der Waals surface area contributed by atoms with Gasteiger partial charge in [-0.15, -0.1) is 11.3 Å². The van der Waals surface area contributed by atoms with E-state index in [0.717, 1.165) is 33.6 Å². The zero-order chi connectivity index (χ0) is 21.5. The lowest BCUT2D eigenvalue weighted by Crippen LogP contribution is -2.51. The SMILES string of the molecule is Cc1nn([C@@H](C)C(=O)N2CCN(c3ccccc3)CC2)c(=O)c2c1sc1ccccc12. The average molecular weight is 433 g/mol. The summed E-state index contributed by atoms with van der Waals surface area (Å²) in [6.07, 6.45) is 0. The van der Waals surface area contributed by atoms with E-state index < -0.39 is 6.04 Å². The first kappa shape index (κ1) is 19.8. The van der Waals surface area contributed by atoms with E-state index in [-0.39, 0.29) is 11.5 Å². The Morgan fingerprint density at radius 1 is 1.00 bits per heavy atom. The van der Waals surface area contributed by atoms with Gasteiger partial charge in [0.1, 0.15) is 6.04 Å². The summed E-state index contributed by atoms with van der Waals surface area (Å²) in [4.78, 5) is 30.7. The summed E-state index contributed by atoms with van der Waals surface area (Å²) in [6.45, 7) is 6.50. The predicted octanol–water partition coefficient (Wildman–Crippen LogP) is 3.83. The molecule has 0 bridgehead atoms. The van der Waals surface area contributed by atoms with Crippen molar-refractivity contribution in [1.29, 1.82) is 0 Å². The van der Waals surface area contributed by atoms with Gasteiger partial charge in [0.25, 0.3) is 5.56 Å². The maximum Gasteiger partial charge on any atom is 0.276 e. The van der Waals surface area contributed by atoms with E-state index >= 15 is 0 Å². The summed E-state index contributed by atoms with van der Waals surface area (Å²) in [5.41, 5.74) is 1.76. The molecule has 0 saturated carbocycles. The molecule has 0 spiro atoms. The summed E-state index contributed by atoms with van der Waals surface area (Å²) in [7, 11) is 0. The molecule has 1 aliphatic rings. The quantitative estimate of drug-likeness (QED) is 0.494. The first-order valence-corrected chi connectivity index (χ1v) is 11.4. The number of carbonyl (C=O) groups is 1. The Bertz CT molecular complexity index is 1320. The number of piperazine rings is 1. The number of hydrogen-bond donors (Lipinski definition) is 0. The second kappa shape index (κ2) is 7.81. The van der Waals surface area contributed by atoms with Gasteiger partial charge in [-0.3, -0.25) is 9.59 Å². The molecule has 5 rings (SSSR count). The molecule has 1 aliphatic heterocycles. The van der Waals surface area contributed by atoms with Crippen LogP contribution in [0.2, 0.25) is 0 Å². The van der Waals surface area contributed by atoms with Crippen LogP contribution < -0.4 is 10.5 Å². The highest BCUT2D eigenvalue weighted by Gasteiger charge is 2.28. The van der Waals surface area contributed by atoms with Crippen LogP contribution in [0.15, 0.2) is 59.4 Å². The molecule has 1 amide bonds. The maximum atomic E-state index is 13.3. The average Bonchev–Trinajstić information content (AvgIpc) is 3.22. The van der Waals surface area contributed by atoms with Crippen LogP contribution in [0.5, 0.6) is 0 Å². The van der Waals surface area contributed by atoms with E-state index in [2.05, 4.69) is 22.1 Å². The summed E-state index contributed by atoms with van der Waals surface area (Å²) in [5, 5.41) is 6.13. The summed E-state index contributed by atoms with van der Waals surface area (Å²) < 4.78 is 3.34. The molecular weight excluding hydrogens is 408 g/mol. The minimum absolute atomic E-state index is 0.0550. The van der Waals surface area contributed by atoms with Crippen molar-refractivity contribution in [3.05, 3.63) is 70.6 Å². The van der Waals surface area contributed by atoms with Crippen molar-refractivity contribution in [3.8, 4) is 0 Å². The molecule has 4 aromatic rings. The third kappa shape index (κ3) is 3.39. The Morgan fingerprint density at radius 3 is 2.42 bits per heavy atom. The number of rotatable bonds is 3. The lowest BCUT2D eigenvalue weighted by atomic mass is 10.1. The molecule has 0 aliphatic carbocycles. The van der Waals surface area contributed by atoms with E-state index in [4.69, 9.17) is 0 Å². The van der Waals surface area contributed by atoms with Crippen LogP contribution in [0, 0.1) is 6.92 Å². The number of fused-ring (bicyclic) bond motifs is 3. The van der Waals surface area contributed by atoms with Gasteiger partial charge in [0.05, 0.1) is 15.8 Å². The molecule has 3 heterocycles. The largest absolute Gasteiger partial charge is 0.368 e. The molecule has 0 unspecified atom stereocenters. The number of para-hydroxylation sites is 1. The van der Waals surface area contributed by atoms with Gasteiger partial charge >= 0.3 is 0 Å². The lowest BCUT2D eigenvalue weighted by Gasteiger charge is -2.37. The second-order valence-corrected chi connectivity index (χ2v) is 9.01. The fourth-order valence-electron chi connectivity index (χ4n) is 4.33. The van der Waals surface area contributed by atoms with Gasteiger partial charge in [-0.1, -0.05) is 36.4 Å². The number of carbonyl (C=O) groups excluding carboxylic acids is 1. The smallest absolute Gasteiger partial charge is 0.276 e. The molecule has 6 nitrogen and oxygen atoms in total. The van der Waals surface area contributed by atoms with Crippen LogP contribution in [-0.4, -0.2) is 46.8 Å². The molecule has 1 atom stereocenters. The first-order chi connectivity index (χ1) is 15.0. The number of thiophene rings is 1. The molecule has 7 heteroatoms. The van der Waals surface area contributed by atoms with Crippen LogP contribution in [0.3, 0.4) is 0 Å². The molecule has 1 saturated heterocycles. The van der Waals surface area contributed by atoms with Crippen molar-refractivity contribution in [2.45, 2.75) is 19.9 Å². The number of amides is 1. The van der Waals surface area contributed by atoms with Crippen molar-refractivity contribution < 1.29 is 4.79 Å². The van der Waals surface area contributed by atoms with E-state index in [9.17, 15) is 9.59 Å². The van der Waals surface area contributed by atoms with E-state index in [0.29, 0.717) is 18.5 Å². The summed E-state index contributed by atoms with van der Waals surface area (Å²) >= 11 is 1.58. The van der Waals surface area contributed by atoms with Crippen LogP contribution in [0.25, 0.3) is 20.2 Å². The van der Waals surface area contributed by atoms with Crippen molar-refractivity contribution in [2.75, 3.05) is 31.1 Å². The molecule has 31 heavy (non-hydrogen) atoms. The number of benzene rings is 2. The second-order valence-electron chi connectivity index (χ2n) is 7.96. The van der Waals surface area contributed by atoms with Crippen molar-refractivity contribution >= 4 is 43.1 Å². The Balaban J connectivity index is 1.42. The topological polar surface area (TPSA) is 58.4 Å². The molecule has 158 valence electrons. The Hall–Kier alpha value is -3.19. The molecule has 1 fully saturated rings. The Kier molecular flexibility index (Phi) is 4.98. The number of nitrogens with zero attached hydrogens (tertiary/aromatic N) is 4. The minimum atomic E-state index is -0.641. The first-order valence-electron chi connectivity index (χ1n) is 10.5. The molecule has 2 aromatic carbocycles. The van der Waals surface area contributed by atoms with E-state index in [1.165, 1.54) is 10.4 Å². The number of aryl methyl sites for hydroxylation is 1. The lowest BCUT2D eigenvalue weighted by molar-refractivity contribution is -0.135. The fraction of sp³-hybridized carbons (Fsp3) is 0.292. The van der Waals surface area contributed by atoms with Gasteiger partial charge < -0.3 is 9.80 Å². The minimum Gasteiger partial charge on any atom is -0.368 e. The third-order valence-electron chi connectivity index (χ3n) is 6.04. The van der Waals surface area contributed by atoms with Crippen LogP contribution in [0.4, 0.5) is 5.69 Å². The number of anilines is 1. The van der Waals surface area contributed by atoms with Gasteiger partial charge in [-0.05, 0) is 32.0 Å². The summed E-state index contributed by atoms with van der Waals surface area (Å²) in [5.74, 6) is -0.0550. The molecular formula is C24H24N4O2S. The van der Waals surface area contributed by atoms with Crippen LogP contribution in [-0.2, 0) is 4.79 Å². The highest BCUT2D eigenvalue weighted by Crippen LogP contribution is 2.33.